The summed E-state index contributed by atoms with van der Waals surface area (Å²) >= 11 is 0. The minimum Gasteiger partial charge on any atom is -0.454 e. The fraction of sp³-hybridized carbons (Fsp3) is 0.438. The molecule has 1 aromatic carbocycles. The Balaban J connectivity index is 1.23. The molecule has 0 bridgehead atoms. The van der Waals surface area contributed by atoms with E-state index in [1.807, 2.05) is 22.9 Å². The van der Waals surface area contributed by atoms with Crippen molar-refractivity contribution in [2.45, 2.75) is 32.0 Å². The van der Waals surface area contributed by atoms with E-state index >= 15 is 0 Å². The van der Waals surface area contributed by atoms with Crippen LogP contribution in [0.25, 0.3) is 0 Å². The van der Waals surface area contributed by atoms with Gasteiger partial charge < -0.3 is 20.1 Å². The van der Waals surface area contributed by atoms with Gasteiger partial charge in [0.05, 0.1) is 13.1 Å². The molecule has 24 heavy (non-hydrogen) atoms. The molecule has 0 fully saturated rings. The van der Waals surface area contributed by atoms with Gasteiger partial charge in [0.15, 0.2) is 11.5 Å². The fourth-order valence-electron chi connectivity index (χ4n) is 2.96. The van der Waals surface area contributed by atoms with Crippen LogP contribution in [-0.2, 0) is 24.3 Å². The van der Waals surface area contributed by atoms with Gasteiger partial charge in [-0.15, -0.1) is 0 Å². The highest BCUT2D eigenvalue weighted by atomic mass is 16.7. The first-order chi connectivity index (χ1) is 11.8. The van der Waals surface area contributed by atoms with Crippen molar-refractivity contribution in [3.63, 3.8) is 0 Å². The molecular weight excluding hydrogens is 310 g/mol. The van der Waals surface area contributed by atoms with Gasteiger partial charge in [-0.3, -0.25) is 4.79 Å². The lowest BCUT2D eigenvalue weighted by atomic mass is 10.1. The highest BCUT2D eigenvalue weighted by Gasteiger charge is 2.20. The highest BCUT2D eigenvalue weighted by molar-refractivity contribution is 5.78. The number of nitrogens with zero attached hydrogens (tertiary/aromatic N) is 3. The Bertz CT molecular complexity index is 745. The number of hydrogen-bond donors (Lipinski definition) is 2. The van der Waals surface area contributed by atoms with Crippen molar-refractivity contribution < 1.29 is 14.3 Å². The van der Waals surface area contributed by atoms with E-state index in [9.17, 15) is 4.79 Å². The van der Waals surface area contributed by atoms with E-state index in [1.165, 1.54) is 0 Å². The van der Waals surface area contributed by atoms with Crippen LogP contribution in [-0.4, -0.2) is 40.1 Å². The summed E-state index contributed by atoms with van der Waals surface area (Å²) in [4.78, 5) is 16.2. The number of ether oxygens (including phenoxy) is 2. The van der Waals surface area contributed by atoms with E-state index in [1.54, 1.807) is 6.33 Å². The van der Waals surface area contributed by atoms with Crippen LogP contribution >= 0.6 is 0 Å². The average molecular weight is 329 g/mol. The third kappa shape index (κ3) is 3.18. The Hall–Kier alpha value is -2.61. The first kappa shape index (κ1) is 14.9. The van der Waals surface area contributed by atoms with Gasteiger partial charge in [-0.05, 0) is 24.1 Å². The van der Waals surface area contributed by atoms with Crippen LogP contribution in [0, 0.1) is 0 Å². The van der Waals surface area contributed by atoms with Gasteiger partial charge in [-0.2, -0.15) is 5.10 Å². The normalized spacial score (nSPS) is 18.2. The van der Waals surface area contributed by atoms with E-state index in [2.05, 4.69) is 20.7 Å². The molecule has 0 radical (unpaired) electrons. The van der Waals surface area contributed by atoms with Crippen molar-refractivity contribution >= 4 is 5.91 Å². The Labute approximate surface area is 139 Å². The number of rotatable bonds is 5. The lowest BCUT2D eigenvalue weighted by Crippen LogP contribution is -2.43. The molecule has 8 nitrogen and oxygen atoms in total. The SMILES string of the molecule is O=C(CN[C@H]1CCc2ncnn2C1)NCc1ccc2c(c1)OCO2. The number of carbonyl (C=O) groups is 1. The zero-order valence-corrected chi connectivity index (χ0v) is 13.2. The second kappa shape index (κ2) is 6.48. The number of aromatic nitrogens is 3. The molecule has 2 aliphatic rings. The Kier molecular flexibility index (Phi) is 4.04. The second-order valence-electron chi connectivity index (χ2n) is 5.94. The number of carbonyl (C=O) groups excluding carboxylic acids is 1. The molecule has 2 aliphatic heterocycles. The van der Waals surface area contributed by atoms with Crippen molar-refractivity contribution in [3.05, 3.63) is 35.9 Å². The topological polar surface area (TPSA) is 90.3 Å². The number of fused-ring (bicyclic) bond motifs is 2. The van der Waals surface area contributed by atoms with E-state index in [-0.39, 0.29) is 18.7 Å². The molecular formula is C16H19N5O3. The van der Waals surface area contributed by atoms with Crippen molar-refractivity contribution in [2.75, 3.05) is 13.3 Å². The van der Waals surface area contributed by atoms with Gasteiger partial charge in [0.25, 0.3) is 0 Å². The molecule has 3 heterocycles. The maximum absolute atomic E-state index is 12.0. The summed E-state index contributed by atoms with van der Waals surface area (Å²) in [5.41, 5.74) is 0.984. The predicted molar refractivity (Wildman–Crippen MR) is 84.5 cm³/mol. The van der Waals surface area contributed by atoms with Crippen LogP contribution in [0.4, 0.5) is 0 Å². The van der Waals surface area contributed by atoms with E-state index in [0.29, 0.717) is 13.1 Å². The summed E-state index contributed by atoms with van der Waals surface area (Å²) < 4.78 is 12.5. The van der Waals surface area contributed by atoms with Gasteiger partial charge in [0.1, 0.15) is 12.2 Å². The number of nitrogens with one attached hydrogen (secondary N) is 2. The maximum atomic E-state index is 12.0. The smallest absolute Gasteiger partial charge is 0.234 e. The predicted octanol–water partition coefficient (Wildman–Crippen LogP) is 0.228. The summed E-state index contributed by atoms with van der Waals surface area (Å²) in [6.45, 7) is 1.77. The molecule has 2 N–H and O–H groups in total. The summed E-state index contributed by atoms with van der Waals surface area (Å²) in [7, 11) is 0. The van der Waals surface area contributed by atoms with Gasteiger partial charge in [0.2, 0.25) is 12.7 Å². The standard InChI is InChI=1S/C16H19N5O3/c22-16(7-17-12-2-4-15-19-9-20-21(15)8-12)18-6-11-1-3-13-14(5-11)24-10-23-13/h1,3,5,9,12,17H,2,4,6-8,10H2,(H,18,22)/t12-/m0/s1. The van der Waals surface area contributed by atoms with Gasteiger partial charge in [0, 0.05) is 19.0 Å². The third-order valence-electron chi connectivity index (χ3n) is 4.28. The molecule has 126 valence electrons. The third-order valence-corrected chi connectivity index (χ3v) is 4.28. The average Bonchev–Trinajstić information content (AvgIpc) is 3.25. The van der Waals surface area contributed by atoms with Crippen LogP contribution in [0.3, 0.4) is 0 Å². The van der Waals surface area contributed by atoms with E-state index < -0.39 is 0 Å². The molecule has 1 aromatic heterocycles. The summed E-state index contributed by atoms with van der Waals surface area (Å²) in [6, 6.07) is 5.92. The van der Waals surface area contributed by atoms with Crippen molar-refractivity contribution in [2.24, 2.45) is 0 Å². The second-order valence-corrected chi connectivity index (χ2v) is 5.94. The maximum Gasteiger partial charge on any atom is 0.234 e. The Morgan fingerprint density at radius 2 is 2.25 bits per heavy atom. The molecule has 1 amide bonds. The Morgan fingerprint density at radius 3 is 3.21 bits per heavy atom. The minimum atomic E-state index is -0.0305. The van der Waals surface area contributed by atoms with Crippen molar-refractivity contribution in [1.29, 1.82) is 0 Å². The van der Waals surface area contributed by atoms with Crippen LogP contribution in [0.2, 0.25) is 0 Å². The van der Waals surface area contributed by atoms with Crippen molar-refractivity contribution in [3.8, 4) is 11.5 Å². The van der Waals surface area contributed by atoms with Crippen LogP contribution in [0.15, 0.2) is 24.5 Å². The van der Waals surface area contributed by atoms with Crippen LogP contribution in [0.5, 0.6) is 11.5 Å². The number of aryl methyl sites for hydroxylation is 1. The highest BCUT2D eigenvalue weighted by Crippen LogP contribution is 2.32. The van der Waals surface area contributed by atoms with Gasteiger partial charge >= 0.3 is 0 Å². The number of amides is 1. The lowest BCUT2D eigenvalue weighted by Gasteiger charge is -2.23. The molecule has 8 heteroatoms. The lowest BCUT2D eigenvalue weighted by molar-refractivity contribution is -0.120. The summed E-state index contributed by atoms with van der Waals surface area (Å²) in [6.07, 6.45) is 3.43. The Morgan fingerprint density at radius 1 is 1.33 bits per heavy atom. The van der Waals surface area contributed by atoms with Crippen LogP contribution in [0.1, 0.15) is 17.8 Å². The molecule has 2 aromatic rings. The number of hydrogen-bond acceptors (Lipinski definition) is 6. The first-order valence-electron chi connectivity index (χ1n) is 8.03. The molecule has 0 spiro atoms. The molecule has 0 saturated heterocycles. The minimum absolute atomic E-state index is 0.0305. The largest absolute Gasteiger partial charge is 0.454 e. The molecule has 0 saturated carbocycles. The van der Waals surface area contributed by atoms with E-state index in [4.69, 9.17) is 9.47 Å². The molecule has 0 unspecified atom stereocenters. The summed E-state index contributed by atoms with van der Waals surface area (Å²) in [5.74, 6) is 2.46. The molecule has 0 aliphatic carbocycles. The summed E-state index contributed by atoms with van der Waals surface area (Å²) in [5, 5.41) is 10.4. The zero-order chi connectivity index (χ0) is 16.4. The van der Waals surface area contributed by atoms with E-state index in [0.717, 1.165) is 42.3 Å². The number of benzene rings is 1. The van der Waals surface area contributed by atoms with Gasteiger partial charge in [-0.1, -0.05) is 6.07 Å². The van der Waals surface area contributed by atoms with Gasteiger partial charge in [-0.25, -0.2) is 9.67 Å². The van der Waals surface area contributed by atoms with Crippen LogP contribution < -0.4 is 20.1 Å². The first-order valence-corrected chi connectivity index (χ1v) is 8.03. The fourth-order valence-corrected chi connectivity index (χ4v) is 2.96. The molecule has 1 atom stereocenters. The monoisotopic (exact) mass is 329 g/mol. The zero-order valence-electron chi connectivity index (χ0n) is 13.2. The van der Waals surface area contributed by atoms with Crippen molar-refractivity contribution in [1.82, 2.24) is 25.4 Å². The molecule has 4 rings (SSSR count). The quantitative estimate of drug-likeness (QED) is 0.816.